The Morgan fingerprint density at radius 1 is 0.956 bits per heavy atom. The first kappa shape index (κ1) is 32.4. The molecule has 2 N–H and O–H groups in total. The highest BCUT2D eigenvalue weighted by molar-refractivity contribution is 7.98. The number of hydrogen-bond donors (Lipinski definition) is 2. The van der Waals surface area contributed by atoms with Crippen LogP contribution in [0.5, 0.6) is 17.2 Å². The van der Waals surface area contributed by atoms with E-state index in [1.807, 2.05) is 54.6 Å². The second-order valence-electron chi connectivity index (χ2n) is 12.8. The number of fused-ring (bicyclic) bond motifs is 1. The van der Waals surface area contributed by atoms with Crippen LogP contribution in [0.15, 0.2) is 72.8 Å². The first-order valence-corrected chi connectivity index (χ1v) is 16.7. The van der Waals surface area contributed by atoms with E-state index in [-0.39, 0.29) is 16.9 Å². The molecule has 0 bridgehead atoms. The second kappa shape index (κ2) is 14.4. The van der Waals surface area contributed by atoms with Crippen molar-refractivity contribution in [1.82, 2.24) is 10.3 Å². The number of nitrogens with zero attached hydrogens (tertiary/aromatic N) is 1. The molecular weight excluding hydrogens is 584 g/mol. The molecule has 3 aromatic carbocycles. The maximum atomic E-state index is 13.4. The Bertz CT molecular complexity index is 1620. The Morgan fingerprint density at radius 3 is 2.27 bits per heavy atom. The van der Waals surface area contributed by atoms with Crippen molar-refractivity contribution in [1.29, 1.82) is 0 Å². The number of carbonyl (C=O) groups is 2. The third-order valence-electron chi connectivity index (χ3n) is 8.34. The first-order valence-electron chi connectivity index (χ1n) is 15.6. The average molecular weight is 627 g/mol. The standard InChI is InChI=1S/C37H42N2O5S/c1-37(2,3)27-12-17-29(18-13-27)44-30-16-11-26-20-33(38-32(31(26)21-30)19-24-7-5-6-8-24)35(40)39-34(36(41)42)23-45-22-25-9-14-28(43-4)15-10-25/h9-18,20-21,24,34H,5-8,19,22-23H2,1-4H3,(H,39,40)(H,41,42)/t34-/m1/s1. The van der Waals surface area contributed by atoms with Gasteiger partial charge < -0.3 is 19.9 Å². The summed E-state index contributed by atoms with van der Waals surface area (Å²) in [4.78, 5) is 30.3. The molecule has 1 aliphatic rings. The minimum Gasteiger partial charge on any atom is -0.497 e. The molecule has 5 rings (SSSR count). The molecule has 0 saturated heterocycles. The SMILES string of the molecule is COc1ccc(CSC[C@@H](NC(=O)c2cc3ccc(Oc4ccc(C(C)(C)C)cc4)cc3c(CC3CCCC3)n2)C(=O)O)cc1. The van der Waals surface area contributed by atoms with Crippen LogP contribution in [0.4, 0.5) is 0 Å². The first-order chi connectivity index (χ1) is 21.6. The third-order valence-corrected chi connectivity index (χ3v) is 9.45. The number of nitrogens with one attached hydrogen (secondary N) is 1. The molecule has 1 aliphatic carbocycles. The van der Waals surface area contributed by atoms with Gasteiger partial charge in [-0.05, 0) is 76.7 Å². The molecule has 236 valence electrons. The van der Waals surface area contributed by atoms with Crippen molar-refractivity contribution in [3.8, 4) is 17.2 Å². The smallest absolute Gasteiger partial charge is 0.327 e. The van der Waals surface area contributed by atoms with Gasteiger partial charge in [-0.25, -0.2) is 9.78 Å². The number of amides is 1. The van der Waals surface area contributed by atoms with Gasteiger partial charge in [0.1, 0.15) is 29.0 Å². The summed E-state index contributed by atoms with van der Waals surface area (Å²) in [6.07, 6.45) is 5.46. The molecule has 0 unspecified atom stereocenters. The Hall–Kier alpha value is -4.04. The molecule has 0 radical (unpaired) electrons. The summed E-state index contributed by atoms with van der Waals surface area (Å²) in [6, 6.07) is 22.4. The van der Waals surface area contributed by atoms with Gasteiger partial charge in [-0.2, -0.15) is 11.8 Å². The van der Waals surface area contributed by atoms with Gasteiger partial charge >= 0.3 is 5.97 Å². The van der Waals surface area contributed by atoms with Crippen LogP contribution < -0.4 is 14.8 Å². The molecular formula is C37H42N2O5S. The zero-order chi connectivity index (χ0) is 32.0. The lowest BCUT2D eigenvalue weighted by molar-refractivity contribution is -0.138. The van der Waals surface area contributed by atoms with Crippen molar-refractivity contribution in [2.45, 2.75) is 70.1 Å². The molecule has 8 heteroatoms. The maximum absolute atomic E-state index is 13.4. The van der Waals surface area contributed by atoms with Gasteiger partial charge in [0.05, 0.1) is 7.11 Å². The summed E-state index contributed by atoms with van der Waals surface area (Å²) in [6.45, 7) is 6.55. The number of carboxylic acid groups (broad SMARTS) is 1. The fraction of sp³-hybridized carbons (Fsp3) is 0.378. The Morgan fingerprint density at radius 2 is 1.62 bits per heavy atom. The predicted molar refractivity (Wildman–Crippen MR) is 181 cm³/mol. The molecule has 0 spiro atoms. The number of ether oxygens (including phenoxy) is 2. The number of pyridine rings is 1. The van der Waals surface area contributed by atoms with E-state index in [2.05, 4.69) is 38.2 Å². The number of carboxylic acids is 1. The van der Waals surface area contributed by atoms with Gasteiger partial charge in [0.25, 0.3) is 5.91 Å². The van der Waals surface area contributed by atoms with Gasteiger partial charge in [0, 0.05) is 22.6 Å². The molecule has 4 aromatic rings. The molecule has 45 heavy (non-hydrogen) atoms. The van der Waals surface area contributed by atoms with Crippen LogP contribution in [0.3, 0.4) is 0 Å². The van der Waals surface area contributed by atoms with Crippen LogP contribution in [0, 0.1) is 5.92 Å². The van der Waals surface area contributed by atoms with Crippen LogP contribution in [0.25, 0.3) is 10.8 Å². The topological polar surface area (TPSA) is 97.8 Å². The van der Waals surface area contributed by atoms with E-state index in [9.17, 15) is 14.7 Å². The van der Waals surface area contributed by atoms with Crippen LogP contribution in [-0.4, -0.2) is 40.9 Å². The Kier molecular flexibility index (Phi) is 10.3. The highest BCUT2D eigenvalue weighted by atomic mass is 32.2. The number of thioether (sulfide) groups is 1. The van der Waals surface area contributed by atoms with E-state index in [0.29, 0.717) is 17.4 Å². The summed E-state index contributed by atoms with van der Waals surface area (Å²) in [5, 5.41) is 14.4. The summed E-state index contributed by atoms with van der Waals surface area (Å²) in [5.41, 5.74) is 3.43. The summed E-state index contributed by atoms with van der Waals surface area (Å²) in [7, 11) is 1.62. The largest absolute Gasteiger partial charge is 0.497 e. The van der Waals surface area contributed by atoms with Crippen molar-refractivity contribution < 1.29 is 24.2 Å². The highest BCUT2D eigenvalue weighted by Crippen LogP contribution is 2.33. The van der Waals surface area contributed by atoms with E-state index >= 15 is 0 Å². The minimum atomic E-state index is -1.07. The normalized spacial score (nSPS) is 14.3. The second-order valence-corrected chi connectivity index (χ2v) is 13.8. The minimum absolute atomic E-state index is 0.0624. The molecule has 1 fully saturated rings. The lowest BCUT2D eigenvalue weighted by atomic mass is 9.87. The Labute approximate surface area is 269 Å². The van der Waals surface area contributed by atoms with Gasteiger partial charge in [-0.3, -0.25) is 4.79 Å². The van der Waals surface area contributed by atoms with E-state index in [4.69, 9.17) is 14.5 Å². The van der Waals surface area contributed by atoms with Gasteiger partial charge in [-0.1, -0.05) is 76.8 Å². The van der Waals surface area contributed by atoms with Crippen LogP contribution in [0.2, 0.25) is 0 Å². The number of benzene rings is 3. The van der Waals surface area contributed by atoms with E-state index < -0.39 is 17.9 Å². The number of carbonyl (C=O) groups excluding carboxylic acids is 1. The number of aliphatic carboxylic acids is 1. The summed E-state index contributed by atoms with van der Waals surface area (Å²) >= 11 is 1.45. The van der Waals surface area contributed by atoms with Crippen molar-refractivity contribution in [2.75, 3.05) is 12.9 Å². The van der Waals surface area contributed by atoms with Crippen LogP contribution >= 0.6 is 11.8 Å². The van der Waals surface area contributed by atoms with Crippen molar-refractivity contribution in [2.24, 2.45) is 5.92 Å². The summed E-state index contributed by atoms with van der Waals surface area (Å²) in [5.74, 6) is 2.03. The zero-order valence-corrected chi connectivity index (χ0v) is 27.3. The van der Waals surface area contributed by atoms with Gasteiger partial charge in [0.15, 0.2) is 0 Å². The molecule has 7 nitrogen and oxygen atoms in total. The predicted octanol–water partition coefficient (Wildman–Crippen LogP) is 8.18. The highest BCUT2D eigenvalue weighted by Gasteiger charge is 2.24. The quantitative estimate of drug-likeness (QED) is 0.164. The number of methoxy groups -OCH3 is 1. The fourth-order valence-electron chi connectivity index (χ4n) is 5.70. The van der Waals surface area contributed by atoms with Crippen LogP contribution in [-0.2, 0) is 22.4 Å². The van der Waals surface area contributed by atoms with Crippen molar-refractivity contribution >= 4 is 34.4 Å². The third kappa shape index (κ3) is 8.57. The summed E-state index contributed by atoms with van der Waals surface area (Å²) < 4.78 is 11.4. The molecule has 0 aliphatic heterocycles. The van der Waals surface area contributed by atoms with E-state index in [1.54, 1.807) is 13.2 Å². The van der Waals surface area contributed by atoms with Gasteiger partial charge in [-0.15, -0.1) is 0 Å². The van der Waals surface area contributed by atoms with Crippen molar-refractivity contribution in [3.05, 3.63) is 95.3 Å². The monoisotopic (exact) mass is 626 g/mol. The zero-order valence-electron chi connectivity index (χ0n) is 26.5. The number of rotatable bonds is 12. The van der Waals surface area contributed by atoms with E-state index in [1.165, 1.54) is 30.2 Å². The molecule has 1 amide bonds. The maximum Gasteiger partial charge on any atom is 0.327 e. The lowest BCUT2D eigenvalue weighted by Crippen LogP contribution is -2.43. The number of hydrogen-bond acceptors (Lipinski definition) is 6. The molecule has 1 aromatic heterocycles. The van der Waals surface area contributed by atoms with Crippen molar-refractivity contribution in [3.63, 3.8) is 0 Å². The van der Waals surface area contributed by atoms with Crippen LogP contribution in [0.1, 0.15) is 73.8 Å². The average Bonchev–Trinajstić information content (AvgIpc) is 3.54. The Balaban J connectivity index is 1.33. The van der Waals surface area contributed by atoms with E-state index in [0.717, 1.165) is 52.8 Å². The fourth-order valence-corrected chi connectivity index (χ4v) is 6.71. The molecule has 1 atom stereocenters. The molecule has 1 saturated carbocycles. The molecule has 1 heterocycles. The van der Waals surface area contributed by atoms with Gasteiger partial charge in [0.2, 0.25) is 0 Å². The number of aromatic nitrogens is 1. The lowest BCUT2D eigenvalue weighted by Gasteiger charge is -2.19.